The number of unbranched alkanes of at least 4 members (excludes halogenated alkanes) is 1. The smallest absolute Gasteiger partial charge is 0.326 e. The lowest BCUT2D eigenvalue weighted by atomic mass is 10.1. The first kappa shape index (κ1) is 19.2. The molecular weight excluding hydrogens is 342 g/mol. The second-order valence-corrected chi connectivity index (χ2v) is 7.07. The number of rotatable bonds is 8. The Hall–Kier alpha value is -2.60. The third-order valence-electron chi connectivity index (χ3n) is 5.16. The maximum Gasteiger partial charge on any atom is 0.326 e. The third-order valence-corrected chi connectivity index (χ3v) is 5.16. The minimum atomic E-state index is -0.924. The number of carbonyl (C=O) groups is 2. The van der Waals surface area contributed by atoms with Gasteiger partial charge in [-0.3, -0.25) is 4.79 Å². The maximum atomic E-state index is 13.1. The molecule has 1 aliphatic rings. The van der Waals surface area contributed by atoms with Crippen molar-refractivity contribution in [3.05, 3.63) is 42.5 Å². The summed E-state index contributed by atoms with van der Waals surface area (Å²) in [5.41, 5.74) is 6.46. The van der Waals surface area contributed by atoms with Crippen molar-refractivity contribution in [3.8, 4) is 0 Å². The Kier molecular flexibility index (Phi) is 6.29. The maximum absolute atomic E-state index is 13.1. The van der Waals surface area contributed by atoms with Crippen LogP contribution in [0.1, 0.15) is 32.1 Å². The van der Waals surface area contributed by atoms with Crippen molar-refractivity contribution >= 4 is 28.3 Å². The van der Waals surface area contributed by atoms with E-state index in [-0.39, 0.29) is 5.91 Å². The normalized spacial score (nSPS) is 17.8. The molecule has 1 unspecified atom stereocenters. The SMILES string of the molecule is NCCCCC(Nc1ccc2ccccc2c1)C(=O)N1CCC[C@H]1C(=O)O. The molecule has 6 nitrogen and oxygen atoms in total. The summed E-state index contributed by atoms with van der Waals surface area (Å²) >= 11 is 0. The van der Waals surface area contributed by atoms with Crippen molar-refractivity contribution in [1.29, 1.82) is 0 Å². The predicted molar refractivity (Wildman–Crippen MR) is 107 cm³/mol. The van der Waals surface area contributed by atoms with Crippen molar-refractivity contribution in [2.75, 3.05) is 18.4 Å². The van der Waals surface area contributed by atoms with Gasteiger partial charge in [0, 0.05) is 12.2 Å². The van der Waals surface area contributed by atoms with Gasteiger partial charge in [0.2, 0.25) is 5.91 Å². The molecular formula is C21H27N3O3. The van der Waals surface area contributed by atoms with Gasteiger partial charge in [-0.25, -0.2) is 4.79 Å². The monoisotopic (exact) mass is 369 g/mol. The predicted octanol–water partition coefficient (Wildman–Crippen LogP) is 2.82. The molecule has 144 valence electrons. The fourth-order valence-electron chi connectivity index (χ4n) is 3.72. The molecule has 0 aromatic heterocycles. The molecule has 0 radical (unpaired) electrons. The number of benzene rings is 2. The molecule has 2 aromatic rings. The minimum absolute atomic E-state index is 0.134. The first-order chi connectivity index (χ1) is 13.1. The van der Waals surface area contributed by atoms with E-state index in [9.17, 15) is 14.7 Å². The number of likely N-dealkylation sites (tertiary alicyclic amines) is 1. The largest absolute Gasteiger partial charge is 0.480 e. The second-order valence-electron chi connectivity index (χ2n) is 7.07. The zero-order valence-electron chi connectivity index (χ0n) is 15.4. The molecule has 27 heavy (non-hydrogen) atoms. The van der Waals surface area contributed by atoms with E-state index >= 15 is 0 Å². The first-order valence-corrected chi connectivity index (χ1v) is 9.59. The molecule has 1 heterocycles. The number of carbonyl (C=O) groups excluding carboxylic acids is 1. The number of aliphatic carboxylic acids is 1. The Labute approximate surface area is 159 Å². The fraction of sp³-hybridized carbons (Fsp3) is 0.429. The van der Waals surface area contributed by atoms with Crippen LogP contribution in [0.25, 0.3) is 10.8 Å². The molecule has 2 aromatic carbocycles. The van der Waals surface area contributed by atoms with Crippen molar-refractivity contribution in [1.82, 2.24) is 4.90 Å². The number of anilines is 1. The van der Waals surface area contributed by atoms with Crippen LogP contribution in [0.2, 0.25) is 0 Å². The summed E-state index contributed by atoms with van der Waals surface area (Å²) in [6, 6.07) is 12.9. The van der Waals surface area contributed by atoms with Gasteiger partial charge >= 0.3 is 5.97 Å². The van der Waals surface area contributed by atoms with Gasteiger partial charge in [0.1, 0.15) is 12.1 Å². The van der Waals surface area contributed by atoms with Gasteiger partial charge in [-0.05, 0) is 61.6 Å². The van der Waals surface area contributed by atoms with Crippen LogP contribution in [0.15, 0.2) is 42.5 Å². The molecule has 4 N–H and O–H groups in total. The van der Waals surface area contributed by atoms with E-state index in [0.29, 0.717) is 25.9 Å². The summed E-state index contributed by atoms with van der Waals surface area (Å²) in [4.78, 5) is 26.1. The van der Waals surface area contributed by atoms with Gasteiger partial charge in [0.15, 0.2) is 0 Å². The van der Waals surface area contributed by atoms with Gasteiger partial charge in [-0.15, -0.1) is 0 Å². The summed E-state index contributed by atoms with van der Waals surface area (Å²) < 4.78 is 0. The van der Waals surface area contributed by atoms with Gasteiger partial charge in [-0.1, -0.05) is 30.3 Å². The molecule has 3 rings (SSSR count). The van der Waals surface area contributed by atoms with Crippen LogP contribution in [0.3, 0.4) is 0 Å². The molecule has 1 amide bonds. The third kappa shape index (κ3) is 4.57. The van der Waals surface area contributed by atoms with E-state index in [2.05, 4.69) is 5.32 Å². The number of hydrogen-bond donors (Lipinski definition) is 3. The topological polar surface area (TPSA) is 95.7 Å². The molecule has 0 bridgehead atoms. The van der Waals surface area contributed by atoms with E-state index in [1.54, 1.807) is 0 Å². The van der Waals surface area contributed by atoms with Gasteiger partial charge in [0.05, 0.1) is 0 Å². The van der Waals surface area contributed by atoms with E-state index < -0.39 is 18.1 Å². The summed E-state index contributed by atoms with van der Waals surface area (Å²) in [5, 5.41) is 15.0. The number of amides is 1. The minimum Gasteiger partial charge on any atom is -0.480 e. The van der Waals surface area contributed by atoms with E-state index in [1.165, 1.54) is 4.90 Å². The summed E-state index contributed by atoms with van der Waals surface area (Å²) in [6.07, 6.45) is 3.54. The zero-order valence-corrected chi connectivity index (χ0v) is 15.4. The molecule has 0 aliphatic carbocycles. The van der Waals surface area contributed by atoms with E-state index in [0.717, 1.165) is 35.7 Å². The number of carboxylic acid groups (broad SMARTS) is 1. The number of nitrogens with two attached hydrogens (primary N) is 1. The highest BCUT2D eigenvalue weighted by molar-refractivity contribution is 5.91. The highest BCUT2D eigenvalue weighted by Gasteiger charge is 2.36. The van der Waals surface area contributed by atoms with E-state index in [1.807, 2.05) is 42.5 Å². The summed E-state index contributed by atoms with van der Waals surface area (Å²) in [6.45, 7) is 1.08. The van der Waals surface area contributed by atoms with Gasteiger partial charge in [0.25, 0.3) is 0 Å². The number of nitrogens with one attached hydrogen (secondary N) is 1. The zero-order chi connectivity index (χ0) is 19.2. The number of carboxylic acids is 1. The van der Waals surface area contributed by atoms with Gasteiger partial charge in [-0.2, -0.15) is 0 Å². The number of nitrogens with zero attached hydrogens (tertiary/aromatic N) is 1. The van der Waals surface area contributed by atoms with Gasteiger partial charge < -0.3 is 21.1 Å². The van der Waals surface area contributed by atoms with Crippen molar-refractivity contribution in [3.63, 3.8) is 0 Å². The van der Waals surface area contributed by atoms with Crippen LogP contribution in [0, 0.1) is 0 Å². The second kappa shape index (κ2) is 8.86. The molecule has 1 fully saturated rings. The van der Waals surface area contributed by atoms with Crippen LogP contribution in [0.4, 0.5) is 5.69 Å². The number of hydrogen-bond acceptors (Lipinski definition) is 4. The molecule has 0 saturated carbocycles. The van der Waals surface area contributed by atoms with Crippen LogP contribution in [-0.2, 0) is 9.59 Å². The first-order valence-electron chi connectivity index (χ1n) is 9.59. The Morgan fingerprint density at radius 1 is 1.19 bits per heavy atom. The summed E-state index contributed by atoms with van der Waals surface area (Å²) in [7, 11) is 0. The molecule has 0 spiro atoms. The Balaban J connectivity index is 1.79. The lowest BCUT2D eigenvalue weighted by molar-refractivity contribution is -0.148. The van der Waals surface area contributed by atoms with Crippen LogP contribution >= 0.6 is 0 Å². The number of fused-ring (bicyclic) bond motifs is 1. The average molecular weight is 369 g/mol. The fourth-order valence-corrected chi connectivity index (χ4v) is 3.72. The Morgan fingerprint density at radius 2 is 1.96 bits per heavy atom. The van der Waals surface area contributed by atoms with Crippen LogP contribution in [0.5, 0.6) is 0 Å². The van der Waals surface area contributed by atoms with Crippen LogP contribution < -0.4 is 11.1 Å². The lowest BCUT2D eigenvalue weighted by Gasteiger charge is -2.28. The highest BCUT2D eigenvalue weighted by atomic mass is 16.4. The van der Waals surface area contributed by atoms with Crippen LogP contribution in [-0.4, -0.2) is 47.1 Å². The standard InChI is InChI=1S/C21H27N3O3/c22-12-4-3-8-18(20(25)24-13-5-9-19(24)21(26)27)23-17-11-10-15-6-1-2-7-16(15)14-17/h1-2,6-7,10-11,14,18-19,23H,3-5,8-9,12-13,22H2,(H,26,27)/t18?,19-/m0/s1. The molecule has 2 atom stereocenters. The highest BCUT2D eigenvalue weighted by Crippen LogP contribution is 2.23. The quantitative estimate of drug-likeness (QED) is 0.622. The lowest BCUT2D eigenvalue weighted by Crippen LogP contribution is -2.47. The Bertz CT molecular complexity index is 808. The summed E-state index contributed by atoms with van der Waals surface area (Å²) in [5.74, 6) is -1.06. The van der Waals surface area contributed by atoms with Crippen molar-refractivity contribution < 1.29 is 14.7 Å². The molecule has 6 heteroatoms. The van der Waals surface area contributed by atoms with Crippen molar-refractivity contribution in [2.24, 2.45) is 5.73 Å². The van der Waals surface area contributed by atoms with E-state index in [4.69, 9.17) is 5.73 Å². The molecule has 1 aliphatic heterocycles. The average Bonchev–Trinajstić information content (AvgIpc) is 3.17. The molecule has 1 saturated heterocycles. The Morgan fingerprint density at radius 3 is 2.70 bits per heavy atom. The van der Waals surface area contributed by atoms with Crippen molar-refractivity contribution in [2.45, 2.75) is 44.2 Å².